The monoisotopic (exact) mass is 832 g/mol. The van der Waals surface area contributed by atoms with Gasteiger partial charge in [-0.1, -0.05) is 158 Å². The van der Waals surface area contributed by atoms with Gasteiger partial charge >= 0.3 is 7.32 Å². The molecule has 0 heterocycles. The first-order chi connectivity index (χ1) is 30.0. The predicted octanol–water partition coefficient (Wildman–Crippen LogP) is 8.35. The molecule has 4 nitrogen and oxygen atoms in total. The Morgan fingerprint density at radius 3 is 0.754 bits per heavy atom. The number of hydrogen-bond acceptors (Lipinski definition) is 4. The summed E-state index contributed by atoms with van der Waals surface area (Å²) in [7, 11) is -6.28. The van der Waals surface area contributed by atoms with Crippen LogP contribution in [0.4, 0.5) is 0 Å². The average Bonchev–Trinajstić information content (AvgIpc) is 3.33. The fraction of sp³-hybridized carbons (Fsp3) is 0. The van der Waals surface area contributed by atoms with E-state index in [0.29, 0.717) is 0 Å². The molecular formula is C54H47BO4P2+2. The van der Waals surface area contributed by atoms with Crippen molar-refractivity contribution < 1.29 is 19.8 Å². The summed E-state index contributed by atoms with van der Waals surface area (Å²) in [5, 5.41) is 32.2. The highest BCUT2D eigenvalue weighted by Crippen LogP contribution is 2.56. The van der Waals surface area contributed by atoms with Gasteiger partial charge in [0.25, 0.3) is 0 Å². The van der Waals surface area contributed by atoms with E-state index in [9.17, 15) is 0 Å². The second-order valence-electron chi connectivity index (χ2n) is 13.9. The smallest absolute Gasteiger partial charge is 0.453 e. The molecule has 0 fully saturated rings. The molecule has 0 amide bonds. The summed E-state index contributed by atoms with van der Waals surface area (Å²) in [6, 6.07) is 95.0. The maximum Gasteiger partial charge on any atom is 0.631 e. The highest BCUT2D eigenvalue weighted by atomic mass is 31.2. The molecular weight excluding hydrogens is 785 g/mol. The molecule has 9 aromatic carbocycles. The lowest BCUT2D eigenvalue weighted by molar-refractivity contribution is 0.278. The Kier molecular flexibility index (Phi) is 14.8. The van der Waals surface area contributed by atoms with E-state index in [4.69, 9.17) is 19.8 Å². The van der Waals surface area contributed by atoms with E-state index >= 15 is 0 Å². The van der Waals surface area contributed by atoms with Crippen molar-refractivity contribution in [2.75, 3.05) is 0 Å². The second-order valence-corrected chi connectivity index (χ2v) is 20.7. The fourth-order valence-electron chi connectivity index (χ4n) is 7.76. The van der Waals surface area contributed by atoms with E-state index in [0.717, 1.165) is 11.5 Å². The summed E-state index contributed by atoms with van der Waals surface area (Å²) in [6.07, 6.45) is 0. The highest BCUT2D eigenvalue weighted by molar-refractivity contribution is 8.02. The van der Waals surface area contributed by atoms with Crippen LogP contribution in [0.5, 0.6) is 11.5 Å². The molecule has 0 radical (unpaired) electrons. The van der Waals surface area contributed by atoms with Crippen molar-refractivity contribution in [1.82, 2.24) is 0 Å². The molecule has 0 aliphatic carbocycles. The van der Waals surface area contributed by atoms with Gasteiger partial charge in [0, 0.05) is 0 Å². The minimum atomic E-state index is -2.21. The standard InChI is InChI=1S/C30H24OP.C24H20P.BH3O3/c1-5-15-25(16-6-1)31-29-23-13-14-24-30(29)32(26-17-7-2-8-18-26,27-19-9-3-10-20-27)28-21-11-4-12-22-28;1-5-13-21(14-6-1)25(22-15-7-2-8-16-22,23-17-9-3-10-18-23)24-19-11-4-12-20-24;2-1(3)4/h1-24H;1-20H;2-4H/q2*+1;. The van der Waals surface area contributed by atoms with Crippen LogP contribution < -0.4 is 47.2 Å². The largest absolute Gasteiger partial charge is 0.631 e. The van der Waals surface area contributed by atoms with Gasteiger partial charge in [0.1, 0.15) is 57.4 Å². The Hall–Kier alpha value is -6.42. The normalized spacial score (nSPS) is 10.9. The first-order valence-corrected chi connectivity index (χ1v) is 23.7. The third-order valence-corrected chi connectivity index (χ3v) is 18.8. The number of ether oxygens (including phenoxy) is 1. The van der Waals surface area contributed by atoms with Gasteiger partial charge in [-0.2, -0.15) is 0 Å². The lowest BCUT2D eigenvalue weighted by Gasteiger charge is -2.28. The Morgan fingerprint density at radius 2 is 0.475 bits per heavy atom. The zero-order chi connectivity index (χ0) is 42.2. The van der Waals surface area contributed by atoms with E-state index in [-0.39, 0.29) is 0 Å². The van der Waals surface area contributed by atoms with Gasteiger partial charge in [-0.05, 0) is 109 Å². The van der Waals surface area contributed by atoms with E-state index in [2.05, 4.69) is 237 Å². The summed E-state index contributed by atoms with van der Waals surface area (Å²) in [6.45, 7) is 0. The summed E-state index contributed by atoms with van der Waals surface area (Å²) >= 11 is 0. The van der Waals surface area contributed by atoms with Crippen LogP contribution in [0.15, 0.2) is 267 Å². The maximum absolute atomic E-state index is 7.17. The number of benzene rings is 9. The number of para-hydroxylation sites is 2. The molecule has 0 aliphatic heterocycles. The molecule has 0 bridgehead atoms. The van der Waals surface area contributed by atoms with E-state index in [1.807, 2.05) is 30.3 Å². The molecule has 0 spiro atoms. The molecule has 61 heavy (non-hydrogen) atoms. The predicted molar refractivity (Wildman–Crippen MR) is 261 cm³/mol. The summed E-state index contributed by atoms with van der Waals surface area (Å²) < 4.78 is 6.51. The molecule has 0 saturated carbocycles. The second kappa shape index (κ2) is 21.2. The van der Waals surface area contributed by atoms with Crippen LogP contribution in [0.2, 0.25) is 0 Å². The van der Waals surface area contributed by atoms with Gasteiger partial charge in [-0.15, -0.1) is 0 Å². The quantitative estimate of drug-likeness (QED) is 0.0958. The van der Waals surface area contributed by atoms with Crippen LogP contribution in [0, 0.1) is 0 Å². The Bertz CT molecular complexity index is 2360. The Balaban J connectivity index is 0.000000174. The maximum atomic E-state index is 7.17. The minimum Gasteiger partial charge on any atom is -0.453 e. The van der Waals surface area contributed by atoms with Gasteiger partial charge in [-0.3, -0.25) is 0 Å². The SMILES string of the molecule is OB(O)O.c1ccc(Oc2ccccc2[P+](c2ccccc2)(c2ccccc2)c2ccccc2)cc1.c1ccc([P+](c2ccccc2)(c2ccccc2)c2ccccc2)cc1. The van der Waals surface area contributed by atoms with Crippen LogP contribution >= 0.6 is 14.5 Å². The lowest BCUT2D eigenvalue weighted by atomic mass is 10.3. The molecule has 3 N–H and O–H groups in total. The average molecular weight is 833 g/mol. The Labute approximate surface area is 360 Å². The van der Waals surface area contributed by atoms with E-state index in [1.165, 1.54) is 42.4 Å². The van der Waals surface area contributed by atoms with Crippen LogP contribution in [0.25, 0.3) is 0 Å². The van der Waals surface area contributed by atoms with Crippen LogP contribution in [0.3, 0.4) is 0 Å². The highest BCUT2D eigenvalue weighted by Gasteiger charge is 2.50. The molecule has 9 rings (SSSR count). The molecule has 0 aromatic heterocycles. The van der Waals surface area contributed by atoms with Crippen LogP contribution in [-0.4, -0.2) is 22.4 Å². The zero-order valence-electron chi connectivity index (χ0n) is 33.6. The van der Waals surface area contributed by atoms with Gasteiger partial charge in [0.15, 0.2) is 11.1 Å². The molecule has 298 valence electrons. The zero-order valence-corrected chi connectivity index (χ0v) is 35.4. The fourth-order valence-corrected chi connectivity index (χ4v) is 16.4. The first kappa shape index (κ1) is 42.7. The van der Waals surface area contributed by atoms with Crippen molar-refractivity contribution in [3.05, 3.63) is 267 Å². The van der Waals surface area contributed by atoms with Crippen molar-refractivity contribution in [1.29, 1.82) is 0 Å². The van der Waals surface area contributed by atoms with E-state index < -0.39 is 21.8 Å². The third-order valence-electron chi connectivity index (χ3n) is 10.2. The minimum absolute atomic E-state index is 0.840. The molecule has 7 heteroatoms. The molecule has 9 aromatic rings. The number of rotatable bonds is 10. The topological polar surface area (TPSA) is 69.9 Å². The molecule has 0 saturated heterocycles. The summed E-state index contributed by atoms with van der Waals surface area (Å²) in [5.41, 5.74) is 0. The molecule has 0 unspecified atom stereocenters. The van der Waals surface area contributed by atoms with Crippen molar-refractivity contribution in [3.8, 4) is 11.5 Å². The third kappa shape index (κ3) is 9.81. The van der Waals surface area contributed by atoms with Gasteiger partial charge < -0.3 is 19.8 Å². The Morgan fingerprint density at radius 1 is 0.262 bits per heavy atom. The summed E-state index contributed by atoms with van der Waals surface area (Å²) in [5.74, 6) is 1.73. The van der Waals surface area contributed by atoms with Gasteiger partial charge in [-0.25, -0.2) is 0 Å². The molecule has 0 atom stereocenters. The van der Waals surface area contributed by atoms with Crippen LogP contribution in [-0.2, 0) is 0 Å². The number of hydrogen-bond donors (Lipinski definition) is 3. The van der Waals surface area contributed by atoms with Crippen molar-refractivity contribution in [3.63, 3.8) is 0 Å². The van der Waals surface area contributed by atoms with Crippen molar-refractivity contribution in [2.45, 2.75) is 0 Å². The lowest BCUT2D eigenvalue weighted by Crippen LogP contribution is -2.39. The van der Waals surface area contributed by atoms with Gasteiger partial charge in [0.2, 0.25) is 0 Å². The first-order valence-electron chi connectivity index (χ1n) is 20.1. The van der Waals surface area contributed by atoms with Crippen LogP contribution in [0.1, 0.15) is 0 Å². The van der Waals surface area contributed by atoms with Crippen molar-refractivity contribution in [2.24, 2.45) is 0 Å². The summed E-state index contributed by atoms with van der Waals surface area (Å²) in [4.78, 5) is 0. The van der Waals surface area contributed by atoms with Crippen molar-refractivity contribution >= 4 is 64.3 Å². The molecule has 0 aliphatic rings. The van der Waals surface area contributed by atoms with Gasteiger partial charge in [0.05, 0.1) is 0 Å². The van der Waals surface area contributed by atoms with E-state index in [1.54, 1.807) is 0 Å².